The number of anilines is 2. The molecule has 16 heavy (non-hydrogen) atoms. The van der Waals surface area contributed by atoms with Crippen LogP contribution in [-0.2, 0) is 0 Å². The Morgan fingerprint density at radius 1 is 1.38 bits per heavy atom. The topological polar surface area (TPSA) is 37.8 Å². The van der Waals surface area contributed by atoms with Gasteiger partial charge in [-0.1, -0.05) is 11.6 Å². The third kappa shape index (κ3) is 2.59. The van der Waals surface area contributed by atoms with Crippen LogP contribution in [0.2, 0.25) is 5.15 Å². The molecule has 0 amide bonds. The smallest absolute Gasteiger partial charge is 0.166 e. The number of nitrogens with one attached hydrogen (secondary N) is 1. The molecule has 0 saturated heterocycles. The minimum atomic E-state index is -0.409. The molecule has 2 aromatic heterocycles. The van der Waals surface area contributed by atoms with Crippen molar-refractivity contribution in [1.82, 2.24) is 9.97 Å². The van der Waals surface area contributed by atoms with Crippen molar-refractivity contribution in [1.29, 1.82) is 0 Å². The summed E-state index contributed by atoms with van der Waals surface area (Å²) in [6.07, 6.45) is 3.06. The van der Waals surface area contributed by atoms with Gasteiger partial charge in [-0.25, -0.2) is 14.4 Å². The van der Waals surface area contributed by atoms with Gasteiger partial charge in [0.2, 0.25) is 0 Å². The minimum absolute atomic E-state index is 0.171. The van der Waals surface area contributed by atoms with Crippen LogP contribution < -0.4 is 5.32 Å². The Hall–Kier alpha value is -0.950. The van der Waals surface area contributed by atoms with Gasteiger partial charge in [0, 0.05) is 9.77 Å². The Labute approximate surface area is 110 Å². The molecule has 0 bridgehead atoms. The minimum Gasteiger partial charge on any atom is -0.336 e. The van der Waals surface area contributed by atoms with Gasteiger partial charge >= 0.3 is 0 Å². The molecule has 2 rings (SSSR count). The molecule has 2 heterocycles. The van der Waals surface area contributed by atoms with Crippen LogP contribution in [0.5, 0.6) is 0 Å². The van der Waals surface area contributed by atoms with Gasteiger partial charge in [-0.15, -0.1) is 0 Å². The lowest BCUT2D eigenvalue weighted by Crippen LogP contribution is -1.98. The number of aromatic nitrogens is 2. The van der Waals surface area contributed by atoms with Crippen LogP contribution in [0.3, 0.4) is 0 Å². The van der Waals surface area contributed by atoms with Crippen molar-refractivity contribution >= 4 is 45.7 Å². The molecule has 0 unspecified atom stereocenters. The summed E-state index contributed by atoms with van der Waals surface area (Å²) in [5.41, 5.74) is 0.669. The zero-order valence-electron chi connectivity index (χ0n) is 7.92. The van der Waals surface area contributed by atoms with Gasteiger partial charge in [0.05, 0.1) is 11.9 Å². The second-order valence-corrected chi connectivity index (χ2v) is 4.50. The molecule has 3 nitrogen and oxygen atoms in total. The first-order chi connectivity index (χ1) is 7.66. The second-order valence-electron chi connectivity index (χ2n) is 2.95. The summed E-state index contributed by atoms with van der Waals surface area (Å²) in [4.78, 5) is 7.80. The molecule has 0 spiro atoms. The summed E-state index contributed by atoms with van der Waals surface area (Å²) in [5.74, 6) is -0.238. The second kappa shape index (κ2) is 4.92. The SMILES string of the molecule is Fc1cccnc1Nc1cnc(Cl)cc1I. The highest BCUT2D eigenvalue weighted by atomic mass is 127. The fourth-order valence-corrected chi connectivity index (χ4v) is 2.02. The third-order valence-electron chi connectivity index (χ3n) is 1.83. The van der Waals surface area contributed by atoms with Crippen molar-refractivity contribution in [2.75, 3.05) is 5.32 Å². The number of pyridine rings is 2. The fourth-order valence-electron chi connectivity index (χ4n) is 1.10. The summed E-state index contributed by atoms with van der Waals surface area (Å²) in [7, 11) is 0. The van der Waals surface area contributed by atoms with E-state index in [4.69, 9.17) is 11.6 Å². The molecule has 0 radical (unpaired) electrons. The van der Waals surface area contributed by atoms with Crippen molar-refractivity contribution < 1.29 is 4.39 Å². The van der Waals surface area contributed by atoms with E-state index in [-0.39, 0.29) is 5.82 Å². The predicted molar refractivity (Wildman–Crippen MR) is 69.4 cm³/mol. The highest BCUT2D eigenvalue weighted by Crippen LogP contribution is 2.23. The fraction of sp³-hybridized carbons (Fsp3) is 0. The van der Waals surface area contributed by atoms with Gasteiger partial charge < -0.3 is 5.32 Å². The lowest BCUT2D eigenvalue weighted by molar-refractivity contribution is 0.626. The molecule has 2 aromatic rings. The van der Waals surface area contributed by atoms with Crippen LogP contribution in [0.25, 0.3) is 0 Å². The van der Waals surface area contributed by atoms with Gasteiger partial charge in [0.1, 0.15) is 5.15 Å². The lowest BCUT2D eigenvalue weighted by atomic mass is 10.4. The zero-order chi connectivity index (χ0) is 11.5. The molecule has 1 N–H and O–H groups in total. The lowest BCUT2D eigenvalue weighted by Gasteiger charge is -2.07. The van der Waals surface area contributed by atoms with Crippen LogP contribution in [0, 0.1) is 9.39 Å². The molecule has 0 fully saturated rings. The van der Waals surface area contributed by atoms with E-state index in [2.05, 4.69) is 37.9 Å². The van der Waals surface area contributed by atoms with Crippen LogP contribution in [0.1, 0.15) is 0 Å². The van der Waals surface area contributed by atoms with Gasteiger partial charge in [0.25, 0.3) is 0 Å². The van der Waals surface area contributed by atoms with Crippen LogP contribution in [-0.4, -0.2) is 9.97 Å². The molecule has 0 aliphatic heterocycles. The van der Waals surface area contributed by atoms with Crippen LogP contribution >= 0.6 is 34.2 Å². The van der Waals surface area contributed by atoms with Gasteiger partial charge in [-0.2, -0.15) is 0 Å². The molecular weight excluding hydrogens is 343 g/mol. The molecule has 0 aromatic carbocycles. The number of hydrogen-bond acceptors (Lipinski definition) is 3. The Balaban J connectivity index is 2.31. The van der Waals surface area contributed by atoms with Crippen molar-refractivity contribution in [3.63, 3.8) is 0 Å². The largest absolute Gasteiger partial charge is 0.336 e. The van der Waals surface area contributed by atoms with E-state index in [1.807, 2.05) is 0 Å². The van der Waals surface area contributed by atoms with E-state index >= 15 is 0 Å². The summed E-state index contributed by atoms with van der Waals surface area (Å²) in [6, 6.07) is 4.56. The quantitative estimate of drug-likeness (QED) is 0.665. The average molecular weight is 350 g/mol. The maximum atomic E-state index is 13.3. The molecule has 82 valence electrons. The average Bonchev–Trinajstić information content (AvgIpc) is 2.25. The predicted octanol–water partition coefficient (Wildman–Crippen LogP) is 3.62. The summed E-state index contributed by atoms with van der Waals surface area (Å²) in [6.45, 7) is 0. The van der Waals surface area contributed by atoms with E-state index in [0.29, 0.717) is 10.8 Å². The van der Waals surface area contributed by atoms with Gasteiger partial charge in [-0.3, -0.25) is 0 Å². The van der Waals surface area contributed by atoms with Crippen LogP contribution in [0.15, 0.2) is 30.6 Å². The van der Waals surface area contributed by atoms with Gasteiger partial charge in [-0.05, 0) is 40.8 Å². The monoisotopic (exact) mass is 349 g/mol. The van der Waals surface area contributed by atoms with Crippen molar-refractivity contribution in [2.24, 2.45) is 0 Å². The Morgan fingerprint density at radius 2 is 2.19 bits per heavy atom. The number of halogens is 3. The van der Waals surface area contributed by atoms with E-state index in [0.717, 1.165) is 3.57 Å². The van der Waals surface area contributed by atoms with Crippen LogP contribution in [0.4, 0.5) is 15.9 Å². The normalized spacial score (nSPS) is 10.2. The number of rotatable bonds is 2. The van der Waals surface area contributed by atoms with E-state index in [1.165, 1.54) is 24.5 Å². The highest BCUT2D eigenvalue weighted by Gasteiger charge is 2.06. The van der Waals surface area contributed by atoms with E-state index in [9.17, 15) is 4.39 Å². The van der Waals surface area contributed by atoms with E-state index in [1.54, 1.807) is 6.07 Å². The molecule has 0 aliphatic rings. The summed E-state index contributed by atoms with van der Waals surface area (Å²) < 4.78 is 14.2. The first-order valence-corrected chi connectivity index (χ1v) is 5.81. The number of hydrogen-bond donors (Lipinski definition) is 1. The summed E-state index contributed by atoms with van der Waals surface area (Å²) in [5, 5.41) is 3.25. The molecular formula is C10H6ClFIN3. The molecule has 0 aliphatic carbocycles. The van der Waals surface area contributed by atoms with Gasteiger partial charge in [0.15, 0.2) is 11.6 Å². The third-order valence-corrected chi connectivity index (χ3v) is 2.93. The molecule has 0 atom stereocenters. The zero-order valence-corrected chi connectivity index (χ0v) is 10.8. The van der Waals surface area contributed by atoms with E-state index < -0.39 is 5.82 Å². The molecule has 6 heteroatoms. The standard InChI is InChI=1S/C10H6ClFIN3/c11-9-4-7(13)8(5-15-9)16-10-6(12)2-1-3-14-10/h1-5H,(H,14,16). The maximum absolute atomic E-state index is 13.3. The first kappa shape index (κ1) is 11.5. The Bertz CT molecular complexity index is 521. The number of nitrogens with zero attached hydrogens (tertiary/aromatic N) is 2. The molecule has 0 saturated carbocycles. The summed E-state index contributed by atoms with van der Waals surface area (Å²) >= 11 is 7.81. The van der Waals surface area contributed by atoms with Crippen molar-refractivity contribution in [3.8, 4) is 0 Å². The van der Waals surface area contributed by atoms with Crippen molar-refractivity contribution in [2.45, 2.75) is 0 Å². The maximum Gasteiger partial charge on any atom is 0.166 e. The Kier molecular flexibility index (Phi) is 3.55. The Morgan fingerprint density at radius 3 is 2.88 bits per heavy atom. The highest BCUT2D eigenvalue weighted by molar-refractivity contribution is 14.1. The van der Waals surface area contributed by atoms with Crippen molar-refractivity contribution in [3.05, 3.63) is 45.1 Å². The first-order valence-electron chi connectivity index (χ1n) is 4.35.